The molecule has 2 rings (SSSR count). The molecule has 0 aromatic carbocycles. The summed E-state index contributed by atoms with van der Waals surface area (Å²) in [6.07, 6.45) is 1.40. The summed E-state index contributed by atoms with van der Waals surface area (Å²) >= 11 is 3.10. The number of carbonyl (C=O) groups is 1. The number of hydrogen-bond acceptors (Lipinski definition) is 6. The number of carboxylic acid groups (broad SMARTS) is 1. The molecule has 2 unspecified atom stereocenters. The minimum atomic E-state index is -1.00. The zero-order chi connectivity index (χ0) is 14.0. The number of aliphatic carboxylic acids is 1. The van der Waals surface area contributed by atoms with Gasteiger partial charge in [-0.25, -0.2) is 4.98 Å². The van der Waals surface area contributed by atoms with Gasteiger partial charge in [0, 0.05) is 16.7 Å². The van der Waals surface area contributed by atoms with E-state index in [0.29, 0.717) is 4.47 Å². The molecular weight excluding hydrogens is 322 g/mol. The molecule has 2 heterocycles. The third-order valence-electron chi connectivity index (χ3n) is 2.75. The summed E-state index contributed by atoms with van der Waals surface area (Å²) in [6.45, 7) is 0.253. The van der Waals surface area contributed by atoms with Crippen molar-refractivity contribution < 1.29 is 19.6 Å². The molecule has 19 heavy (non-hydrogen) atoms. The number of pyridine rings is 1. The molecule has 2 N–H and O–H groups in total. The van der Waals surface area contributed by atoms with Gasteiger partial charge in [-0.3, -0.25) is 14.9 Å². The molecule has 2 atom stereocenters. The van der Waals surface area contributed by atoms with Crippen LogP contribution in [0.5, 0.6) is 0 Å². The molecule has 0 saturated carbocycles. The highest BCUT2D eigenvalue weighted by atomic mass is 79.9. The van der Waals surface area contributed by atoms with E-state index in [2.05, 4.69) is 26.2 Å². The average Bonchev–Trinajstić information content (AvgIpc) is 2.79. The predicted octanol–water partition coefficient (Wildman–Crippen LogP) is 1.26. The molecule has 0 aliphatic carbocycles. The smallest absolute Gasteiger partial charge is 0.312 e. The fourth-order valence-corrected chi connectivity index (χ4v) is 2.11. The van der Waals surface area contributed by atoms with E-state index >= 15 is 0 Å². The molecule has 1 aromatic rings. The second-order valence-electron chi connectivity index (χ2n) is 4.01. The zero-order valence-corrected chi connectivity index (χ0v) is 11.2. The number of ether oxygens (including phenoxy) is 1. The van der Waals surface area contributed by atoms with Crippen molar-refractivity contribution in [3.05, 3.63) is 26.9 Å². The molecule has 9 heteroatoms. The third-order valence-corrected chi connectivity index (χ3v) is 3.18. The lowest BCUT2D eigenvalue weighted by Gasteiger charge is -2.16. The van der Waals surface area contributed by atoms with E-state index in [9.17, 15) is 14.9 Å². The average molecular weight is 332 g/mol. The van der Waals surface area contributed by atoms with E-state index in [1.807, 2.05) is 0 Å². The number of nitrogens with one attached hydrogen (secondary N) is 1. The highest BCUT2D eigenvalue weighted by Crippen LogP contribution is 2.28. The molecule has 1 aromatic heterocycles. The maximum Gasteiger partial charge on any atom is 0.312 e. The number of aromatic nitrogens is 1. The van der Waals surface area contributed by atoms with Crippen LogP contribution in [0.3, 0.4) is 0 Å². The third kappa shape index (κ3) is 2.99. The standard InChI is InChI=1S/C10H10BrN3O5/c11-5-1-8(14(17)18)9(12-2-5)13-7-4-19-3-6(7)10(15)16/h1-2,6-7H,3-4H2,(H,12,13)(H,15,16). The molecular formula is C10H10BrN3O5. The lowest BCUT2D eigenvalue weighted by Crippen LogP contribution is -2.33. The van der Waals surface area contributed by atoms with Crippen LogP contribution >= 0.6 is 15.9 Å². The first-order valence-electron chi connectivity index (χ1n) is 5.36. The Morgan fingerprint density at radius 2 is 2.37 bits per heavy atom. The molecule has 0 bridgehead atoms. The Hall–Kier alpha value is -1.74. The minimum Gasteiger partial charge on any atom is -0.481 e. The van der Waals surface area contributed by atoms with Crippen molar-refractivity contribution in [1.29, 1.82) is 0 Å². The van der Waals surface area contributed by atoms with Crippen LogP contribution in [0, 0.1) is 16.0 Å². The van der Waals surface area contributed by atoms with Crippen LogP contribution in [0.15, 0.2) is 16.7 Å². The molecule has 0 amide bonds. The Morgan fingerprint density at radius 1 is 1.63 bits per heavy atom. The van der Waals surface area contributed by atoms with Crippen molar-refractivity contribution >= 4 is 33.4 Å². The van der Waals surface area contributed by atoms with Crippen molar-refractivity contribution in [2.45, 2.75) is 6.04 Å². The number of halogens is 1. The van der Waals surface area contributed by atoms with Crippen molar-refractivity contribution in [2.24, 2.45) is 5.92 Å². The first-order chi connectivity index (χ1) is 8.99. The van der Waals surface area contributed by atoms with E-state index in [-0.39, 0.29) is 24.7 Å². The Morgan fingerprint density at radius 3 is 3.00 bits per heavy atom. The maximum absolute atomic E-state index is 11.0. The van der Waals surface area contributed by atoms with Gasteiger partial charge in [-0.2, -0.15) is 0 Å². The summed E-state index contributed by atoms with van der Waals surface area (Å²) < 4.78 is 5.55. The summed E-state index contributed by atoms with van der Waals surface area (Å²) in [7, 11) is 0. The van der Waals surface area contributed by atoms with Crippen LogP contribution in [-0.2, 0) is 9.53 Å². The number of nitrogens with zero attached hydrogens (tertiary/aromatic N) is 2. The minimum absolute atomic E-state index is 0.0370. The van der Waals surface area contributed by atoms with Gasteiger partial charge in [-0.15, -0.1) is 0 Å². The summed E-state index contributed by atoms with van der Waals surface area (Å²) in [5.74, 6) is -1.71. The molecule has 8 nitrogen and oxygen atoms in total. The molecule has 102 valence electrons. The van der Waals surface area contributed by atoms with Gasteiger partial charge in [0.05, 0.1) is 24.2 Å². The van der Waals surface area contributed by atoms with E-state index in [0.717, 1.165) is 0 Å². The number of rotatable bonds is 4. The molecule has 0 radical (unpaired) electrons. The first-order valence-corrected chi connectivity index (χ1v) is 6.15. The van der Waals surface area contributed by atoms with Crippen LogP contribution in [0.4, 0.5) is 11.5 Å². The van der Waals surface area contributed by atoms with Crippen LogP contribution in [0.2, 0.25) is 0 Å². The van der Waals surface area contributed by atoms with Gasteiger partial charge < -0.3 is 15.2 Å². The first kappa shape index (κ1) is 13.7. The molecule has 0 spiro atoms. The highest BCUT2D eigenvalue weighted by molar-refractivity contribution is 9.10. The molecule has 1 aliphatic heterocycles. The molecule has 1 aliphatic rings. The Kier molecular flexibility index (Phi) is 3.96. The van der Waals surface area contributed by atoms with Gasteiger partial charge >= 0.3 is 11.7 Å². The van der Waals surface area contributed by atoms with Crippen molar-refractivity contribution in [3.63, 3.8) is 0 Å². The van der Waals surface area contributed by atoms with Crippen LogP contribution in [-0.4, -0.2) is 40.2 Å². The zero-order valence-electron chi connectivity index (χ0n) is 9.58. The Balaban J connectivity index is 2.23. The molecule has 1 fully saturated rings. The number of anilines is 1. The fraction of sp³-hybridized carbons (Fsp3) is 0.400. The maximum atomic E-state index is 11.0. The quantitative estimate of drug-likeness (QED) is 0.630. The van der Waals surface area contributed by atoms with Gasteiger partial charge in [0.2, 0.25) is 5.82 Å². The lowest BCUT2D eigenvalue weighted by molar-refractivity contribution is -0.384. The monoisotopic (exact) mass is 331 g/mol. The second kappa shape index (κ2) is 5.49. The topological polar surface area (TPSA) is 115 Å². The van der Waals surface area contributed by atoms with Gasteiger partial charge in [-0.1, -0.05) is 0 Å². The normalized spacial score (nSPS) is 22.2. The number of nitro groups is 1. The van der Waals surface area contributed by atoms with Gasteiger partial charge in [0.1, 0.15) is 5.92 Å². The van der Waals surface area contributed by atoms with Crippen LogP contribution in [0.25, 0.3) is 0 Å². The SMILES string of the molecule is O=C(O)C1COCC1Nc1ncc(Br)cc1[N+](=O)[O-]. The van der Waals surface area contributed by atoms with Crippen LogP contribution < -0.4 is 5.32 Å². The highest BCUT2D eigenvalue weighted by Gasteiger charge is 2.35. The van der Waals surface area contributed by atoms with Gasteiger partial charge in [0.15, 0.2) is 0 Å². The summed E-state index contributed by atoms with van der Waals surface area (Å²) in [4.78, 5) is 25.2. The lowest BCUT2D eigenvalue weighted by atomic mass is 10.0. The van der Waals surface area contributed by atoms with Crippen molar-refractivity contribution in [3.8, 4) is 0 Å². The van der Waals surface area contributed by atoms with Crippen molar-refractivity contribution in [1.82, 2.24) is 4.98 Å². The van der Waals surface area contributed by atoms with Crippen LogP contribution in [0.1, 0.15) is 0 Å². The van der Waals surface area contributed by atoms with E-state index in [1.54, 1.807) is 0 Å². The summed E-state index contributed by atoms with van der Waals surface area (Å²) in [5, 5.41) is 22.7. The number of hydrogen-bond donors (Lipinski definition) is 2. The van der Waals surface area contributed by atoms with Gasteiger partial charge in [0.25, 0.3) is 0 Å². The Bertz CT molecular complexity index is 524. The number of carboxylic acids is 1. The van der Waals surface area contributed by atoms with Gasteiger partial charge in [-0.05, 0) is 15.9 Å². The Labute approximate surface area is 116 Å². The molecule has 1 saturated heterocycles. The van der Waals surface area contributed by atoms with E-state index < -0.39 is 22.9 Å². The second-order valence-corrected chi connectivity index (χ2v) is 4.93. The summed E-state index contributed by atoms with van der Waals surface area (Å²) in [6, 6.07) is 0.769. The summed E-state index contributed by atoms with van der Waals surface area (Å²) in [5.41, 5.74) is -0.217. The largest absolute Gasteiger partial charge is 0.481 e. The fourth-order valence-electron chi connectivity index (χ4n) is 1.79. The van der Waals surface area contributed by atoms with E-state index in [4.69, 9.17) is 9.84 Å². The van der Waals surface area contributed by atoms with E-state index in [1.165, 1.54) is 12.3 Å². The predicted molar refractivity (Wildman–Crippen MR) is 67.9 cm³/mol. The van der Waals surface area contributed by atoms with Crippen molar-refractivity contribution in [2.75, 3.05) is 18.5 Å².